The van der Waals surface area contributed by atoms with Crippen molar-refractivity contribution in [2.24, 2.45) is 10.2 Å². The molecule has 0 saturated heterocycles. The Balaban J connectivity index is 1.13. The van der Waals surface area contributed by atoms with Crippen molar-refractivity contribution < 1.29 is 0 Å². The number of rotatable bonds is 8. The predicted octanol–water partition coefficient (Wildman–Crippen LogP) is 11.2. The van der Waals surface area contributed by atoms with E-state index in [1.54, 1.807) is 0 Å². The van der Waals surface area contributed by atoms with Crippen LogP contribution in [-0.2, 0) is 18.5 Å². The second kappa shape index (κ2) is 11.8. The molecule has 0 amide bonds. The summed E-state index contributed by atoms with van der Waals surface area (Å²) >= 11 is 0. The summed E-state index contributed by atoms with van der Waals surface area (Å²) in [5.41, 5.74) is 14.5. The summed E-state index contributed by atoms with van der Waals surface area (Å²) in [6.07, 6.45) is 0. The van der Waals surface area contributed by atoms with E-state index in [1.165, 1.54) is 44.5 Å². The molecule has 0 aromatic heterocycles. The van der Waals surface area contributed by atoms with Crippen LogP contribution in [-0.4, -0.2) is 0 Å². The van der Waals surface area contributed by atoms with Gasteiger partial charge >= 0.3 is 0 Å². The van der Waals surface area contributed by atoms with E-state index in [4.69, 9.17) is 0 Å². The van der Waals surface area contributed by atoms with Crippen molar-refractivity contribution in [3.8, 4) is 33.4 Å². The maximum absolute atomic E-state index is 4.53. The minimum atomic E-state index is -0.0678. The van der Waals surface area contributed by atoms with Crippen molar-refractivity contribution in [1.82, 2.24) is 0 Å². The summed E-state index contributed by atoms with van der Waals surface area (Å²) in [5.74, 6) is 0. The zero-order valence-electron chi connectivity index (χ0n) is 25.2. The zero-order chi connectivity index (χ0) is 29.9. The molecular weight excluding hydrogens is 534 g/mol. The van der Waals surface area contributed by atoms with Crippen molar-refractivity contribution >= 4 is 11.4 Å². The average Bonchev–Trinajstić information content (AvgIpc) is 3.31. The second-order valence-corrected chi connectivity index (χ2v) is 11.9. The first-order valence-corrected chi connectivity index (χ1v) is 15.2. The minimum Gasteiger partial charge on any atom is -0.354 e. The maximum Gasteiger partial charge on any atom is 0.0850 e. The van der Waals surface area contributed by atoms with Crippen LogP contribution in [0.4, 0.5) is 11.4 Å². The number of fused-ring (bicyclic) bond motifs is 3. The zero-order valence-corrected chi connectivity index (χ0v) is 25.2. The van der Waals surface area contributed by atoms with Gasteiger partial charge < -0.3 is 5.32 Å². The summed E-state index contributed by atoms with van der Waals surface area (Å²) in [6, 6.07) is 51.6. The first-order valence-electron chi connectivity index (χ1n) is 15.2. The minimum absolute atomic E-state index is 0.0678. The van der Waals surface area contributed by atoms with Crippen LogP contribution in [0.5, 0.6) is 0 Å². The topological polar surface area (TPSA) is 36.8 Å². The highest BCUT2D eigenvalue weighted by Gasteiger charge is 2.37. The van der Waals surface area contributed by atoms with Crippen molar-refractivity contribution in [2.45, 2.75) is 32.4 Å². The number of nitrogens with one attached hydrogen (secondary N) is 1. The molecule has 44 heavy (non-hydrogen) atoms. The maximum atomic E-state index is 4.53. The summed E-state index contributed by atoms with van der Waals surface area (Å²) in [4.78, 5) is 0. The van der Waals surface area contributed by atoms with Gasteiger partial charge in [0.05, 0.1) is 18.8 Å². The first-order chi connectivity index (χ1) is 21.6. The molecule has 0 aliphatic heterocycles. The van der Waals surface area contributed by atoms with Crippen molar-refractivity contribution in [2.75, 3.05) is 5.32 Å². The van der Waals surface area contributed by atoms with Gasteiger partial charge in [-0.05, 0) is 56.6 Å². The third kappa shape index (κ3) is 5.33. The molecule has 1 aliphatic rings. The Bertz CT molecular complexity index is 1940. The highest BCUT2D eigenvalue weighted by Crippen LogP contribution is 2.54. The van der Waals surface area contributed by atoms with Gasteiger partial charge in [-0.2, -0.15) is 10.2 Å². The van der Waals surface area contributed by atoms with Gasteiger partial charge in [0.1, 0.15) is 0 Å². The monoisotopic (exact) mass is 569 g/mol. The highest BCUT2D eigenvalue weighted by atomic mass is 15.1. The molecule has 0 atom stereocenters. The van der Waals surface area contributed by atoms with Gasteiger partial charge in [-0.1, -0.05) is 147 Å². The molecule has 0 unspecified atom stereocenters. The van der Waals surface area contributed by atoms with Crippen LogP contribution in [0.15, 0.2) is 156 Å². The molecule has 1 N–H and O–H groups in total. The van der Waals surface area contributed by atoms with E-state index in [1.807, 2.05) is 6.07 Å². The molecule has 0 spiro atoms. The number of hydrogen-bond acceptors (Lipinski definition) is 3. The third-order valence-electron chi connectivity index (χ3n) is 8.70. The normalized spacial score (nSPS) is 13.0. The van der Waals surface area contributed by atoms with Gasteiger partial charge in [0, 0.05) is 22.2 Å². The third-order valence-corrected chi connectivity index (χ3v) is 8.70. The standard InChI is InChI=1S/C41H35N3/c1-41(2)37-19-10-9-18-36(37)39-38(41)25-24-35(33-15-7-4-8-16-33)40(39)44-34-17-11-12-30(26-34)28-43-42-27-29-20-22-32(23-21-29)31-13-5-3-6-14-31/h3-26,44H,27-28H2,1-2H3. The van der Waals surface area contributed by atoms with Crippen LogP contribution in [0.3, 0.4) is 0 Å². The summed E-state index contributed by atoms with van der Waals surface area (Å²) in [6.45, 7) is 5.75. The van der Waals surface area contributed by atoms with Crippen LogP contribution in [0.2, 0.25) is 0 Å². The van der Waals surface area contributed by atoms with Gasteiger partial charge in [-0.25, -0.2) is 0 Å². The Morgan fingerprint density at radius 1 is 0.500 bits per heavy atom. The Labute approximate surface area is 260 Å². The van der Waals surface area contributed by atoms with Gasteiger partial charge in [0.25, 0.3) is 0 Å². The van der Waals surface area contributed by atoms with E-state index in [2.05, 4.69) is 169 Å². The molecule has 0 heterocycles. The Morgan fingerprint density at radius 2 is 1.14 bits per heavy atom. The lowest BCUT2D eigenvalue weighted by Crippen LogP contribution is -2.15. The summed E-state index contributed by atoms with van der Waals surface area (Å²) < 4.78 is 0. The van der Waals surface area contributed by atoms with Gasteiger partial charge in [0.2, 0.25) is 0 Å². The van der Waals surface area contributed by atoms with Gasteiger partial charge in [0.15, 0.2) is 0 Å². The molecule has 3 heteroatoms. The Morgan fingerprint density at radius 3 is 1.89 bits per heavy atom. The Kier molecular flexibility index (Phi) is 7.37. The SMILES string of the molecule is CC1(C)c2ccccc2-c2c1ccc(-c1ccccc1)c2Nc1cccc(CN=NCc2ccc(-c3ccccc3)cc2)c1. The van der Waals surface area contributed by atoms with E-state index >= 15 is 0 Å². The fraction of sp³-hybridized carbons (Fsp3) is 0.122. The molecule has 3 nitrogen and oxygen atoms in total. The summed E-state index contributed by atoms with van der Waals surface area (Å²) in [5, 5.41) is 12.9. The highest BCUT2D eigenvalue weighted by molar-refractivity contribution is 5.98. The molecule has 0 radical (unpaired) electrons. The molecule has 7 rings (SSSR count). The smallest absolute Gasteiger partial charge is 0.0850 e. The molecule has 6 aromatic rings. The quantitative estimate of drug-likeness (QED) is 0.182. The molecule has 1 aliphatic carbocycles. The fourth-order valence-corrected chi connectivity index (χ4v) is 6.37. The van der Waals surface area contributed by atoms with E-state index in [0.717, 1.165) is 22.5 Å². The molecular formula is C41H35N3. The van der Waals surface area contributed by atoms with E-state index < -0.39 is 0 Å². The molecule has 0 fully saturated rings. The number of benzene rings is 6. The average molecular weight is 570 g/mol. The largest absolute Gasteiger partial charge is 0.354 e. The molecule has 0 saturated carbocycles. The summed E-state index contributed by atoms with van der Waals surface area (Å²) in [7, 11) is 0. The lowest BCUT2D eigenvalue weighted by Gasteiger charge is -2.23. The fourth-order valence-electron chi connectivity index (χ4n) is 6.37. The van der Waals surface area contributed by atoms with Gasteiger partial charge in [-0.3, -0.25) is 0 Å². The lowest BCUT2D eigenvalue weighted by molar-refractivity contribution is 0.660. The van der Waals surface area contributed by atoms with Crippen LogP contribution in [0.25, 0.3) is 33.4 Å². The Hall–Kier alpha value is -5.28. The first kappa shape index (κ1) is 27.5. The van der Waals surface area contributed by atoms with E-state index in [9.17, 15) is 0 Å². The molecule has 214 valence electrons. The lowest BCUT2D eigenvalue weighted by atomic mass is 9.82. The van der Waals surface area contributed by atoms with Crippen LogP contribution in [0.1, 0.15) is 36.1 Å². The van der Waals surface area contributed by atoms with Crippen LogP contribution < -0.4 is 5.32 Å². The predicted molar refractivity (Wildman–Crippen MR) is 183 cm³/mol. The van der Waals surface area contributed by atoms with Crippen LogP contribution in [0, 0.1) is 0 Å². The van der Waals surface area contributed by atoms with Crippen molar-refractivity contribution in [3.05, 3.63) is 168 Å². The number of hydrogen-bond donors (Lipinski definition) is 1. The van der Waals surface area contributed by atoms with Crippen LogP contribution >= 0.6 is 0 Å². The number of nitrogens with zero attached hydrogens (tertiary/aromatic N) is 2. The second-order valence-electron chi connectivity index (χ2n) is 11.9. The van der Waals surface area contributed by atoms with E-state index in [0.29, 0.717) is 13.1 Å². The van der Waals surface area contributed by atoms with E-state index in [-0.39, 0.29) is 5.41 Å². The van der Waals surface area contributed by atoms with Crippen molar-refractivity contribution in [3.63, 3.8) is 0 Å². The number of azo groups is 1. The van der Waals surface area contributed by atoms with Gasteiger partial charge in [-0.15, -0.1) is 0 Å². The number of anilines is 2. The van der Waals surface area contributed by atoms with Crippen molar-refractivity contribution in [1.29, 1.82) is 0 Å². The molecule has 6 aromatic carbocycles. The molecule has 0 bridgehead atoms.